The van der Waals surface area contributed by atoms with Gasteiger partial charge in [0.15, 0.2) is 0 Å². The summed E-state index contributed by atoms with van der Waals surface area (Å²) in [5.41, 5.74) is 5.50. The minimum Gasteiger partial charge on any atom is -0.364 e. The Morgan fingerprint density at radius 3 is 3.00 bits per heavy atom. The van der Waals surface area contributed by atoms with E-state index in [-0.39, 0.29) is 0 Å². The molecule has 1 heterocycles. The van der Waals surface area contributed by atoms with Crippen molar-refractivity contribution < 1.29 is 9.00 Å². The number of primary amides is 1. The first-order valence-electron chi connectivity index (χ1n) is 4.07. The lowest BCUT2D eigenvalue weighted by Gasteiger charge is -1.94. The summed E-state index contributed by atoms with van der Waals surface area (Å²) in [5.74, 6) is -0.488. The zero-order valence-electron chi connectivity index (χ0n) is 7.24. The molecule has 0 fully saturated rings. The van der Waals surface area contributed by atoms with Crippen LogP contribution < -0.4 is 16.3 Å². The Morgan fingerprint density at radius 1 is 1.57 bits per heavy atom. The molecule has 1 aromatic rings. The van der Waals surface area contributed by atoms with Crippen LogP contribution in [-0.4, -0.2) is 20.0 Å². The number of fused-ring (bicyclic) bond motifs is 1. The number of nitrogens with one attached hydrogen (secondary N) is 1. The Bertz CT molecular complexity index is 564. The van der Waals surface area contributed by atoms with Crippen LogP contribution in [0.2, 0.25) is 0 Å². The number of H-pyrrole nitrogens is 1. The molecule has 0 atom stereocenters. The first-order valence-corrected chi connectivity index (χ1v) is 4.81. The molecular formula is C9H8N2O2S. The van der Waals surface area contributed by atoms with Crippen molar-refractivity contribution in [1.82, 2.24) is 4.98 Å². The largest absolute Gasteiger partial charge is 0.364 e. The number of rotatable bonds is 1. The molecular weight excluding hydrogens is 200 g/mol. The molecule has 0 saturated carbocycles. The average molecular weight is 208 g/mol. The zero-order chi connectivity index (χ0) is 10.1. The highest BCUT2D eigenvalue weighted by atomic mass is 32.1. The topological polar surface area (TPSA) is 76.0 Å². The highest BCUT2D eigenvalue weighted by Crippen LogP contribution is 1.93. The second kappa shape index (κ2) is 3.26. The van der Waals surface area contributed by atoms with E-state index in [0.29, 0.717) is 23.4 Å². The first-order chi connectivity index (χ1) is 6.70. The van der Waals surface area contributed by atoms with Crippen LogP contribution in [0.3, 0.4) is 0 Å². The van der Waals surface area contributed by atoms with E-state index in [4.69, 9.17) is 5.73 Å². The zero-order valence-corrected chi connectivity index (χ0v) is 8.06. The second-order valence-electron chi connectivity index (χ2n) is 3.02. The van der Waals surface area contributed by atoms with Gasteiger partial charge in [0.25, 0.3) is 5.91 Å². The molecule has 0 saturated heterocycles. The van der Waals surface area contributed by atoms with Crippen molar-refractivity contribution in [2.24, 2.45) is 5.73 Å². The predicted molar refractivity (Wildman–Crippen MR) is 55.3 cm³/mol. The molecule has 1 aliphatic carbocycles. The van der Waals surface area contributed by atoms with Crippen LogP contribution in [0.1, 0.15) is 16.9 Å². The van der Waals surface area contributed by atoms with Crippen molar-refractivity contribution in [3.05, 3.63) is 22.3 Å². The van der Waals surface area contributed by atoms with Crippen molar-refractivity contribution in [2.45, 2.75) is 6.42 Å². The molecule has 2 rings (SSSR count). The maximum absolute atomic E-state index is 10.9. The van der Waals surface area contributed by atoms with Gasteiger partial charge in [-0.15, -0.1) is 0 Å². The van der Waals surface area contributed by atoms with Crippen molar-refractivity contribution in [3.63, 3.8) is 0 Å². The molecule has 72 valence electrons. The van der Waals surface area contributed by atoms with Crippen LogP contribution in [0.25, 0.3) is 12.2 Å². The summed E-state index contributed by atoms with van der Waals surface area (Å²) in [6, 6.07) is 1.66. The van der Waals surface area contributed by atoms with E-state index in [2.05, 4.69) is 4.98 Å². The van der Waals surface area contributed by atoms with Crippen molar-refractivity contribution in [1.29, 1.82) is 0 Å². The van der Waals surface area contributed by atoms with Crippen LogP contribution >= 0.6 is 0 Å². The molecule has 1 amide bonds. The first kappa shape index (κ1) is 8.96. The van der Waals surface area contributed by atoms with Gasteiger partial charge in [0, 0.05) is 21.9 Å². The normalized spacial score (nSPS) is 13.9. The minimum atomic E-state index is -0.488. The maximum Gasteiger partial charge on any atom is 0.265 e. The lowest BCUT2D eigenvalue weighted by atomic mass is 10.2. The Kier molecular flexibility index (Phi) is 2.09. The third-order valence-corrected chi connectivity index (χ3v) is 2.58. The molecule has 0 radical (unpaired) electrons. The molecule has 0 bridgehead atoms. The van der Waals surface area contributed by atoms with Crippen molar-refractivity contribution in [2.75, 3.05) is 0 Å². The van der Waals surface area contributed by atoms with Crippen LogP contribution in [0.5, 0.6) is 0 Å². The molecule has 4 nitrogen and oxygen atoms in total. The number of aromatic nitrogens is 1. The molecule has 5 heteroatoms. The van der Waals surface area contributed by atoms with E-state index in [1.54, 1.807) is 12.1 Å². The summed E-state index contributed by atoms with van der Waals surface area (Å²) in [6.07, 6.45) is 4.26. The Morgan fingerprint density at radius 2 is 2.36 bits per heavy atom. The fourth-order valence-electron chi connectivity index (χ4n) is 1.40. The van der Waals surface area contributed by atoms with Gasteiger partial charge in [0.1, 0.15) is 5.69 Å². The van der Waals surface area contributed by atoms with Crippen LogP contribution in [-0.2, 0) is 11.3 Å². The Balaban J connectivity index is 2.69. The van der Waals surface area contributed by atoms with Crippen LogP contribution in [0, 0.1) is 0 Å². The van der Waals surface area contributed by atoms with Gasteiger partial charge in [-0.1, -0.05) is 6.08 Å². The number of amides is 1. The quantitative estimate of drug-likeness (QED) is 0.549. The fraction of sp³-hybridized carbons (Fsp3) is 0.111. The maximum atomic E-state index is 10.9. The van der Waals surface area contributed by atoms with Gasteiger partial charge in [-0.3, -0.25) is 4.79 Å². The molecule has 0 spiro atoms. The second-order valence-corrected chi connectivity index (χ2v) is 3.71. The van der Waals surface area contributed by atoms with Gasteiger partial charge in [-0.25, -0.2) is 4.21 Å². The lowest BCUT2D eigenvalue weighted by molar-refractivity contribution is 0.0996. The molecule has 0 aliphatic heterocycles. The predicted octanol–water partition coefficient (Wildman–Crippen LogP) is -1.54. The Labute approximate surface area is 83.2 Å². The standard InChI is InChI=1S/C9H8N2O2S/c10-9(12)8-4-5-3-6(14-13)1-2-7(5)11-8/h2-4,11H,1H2,(H2,10,12). The van der Waals surface area contributed by atoms with Gasteiger partial charge >= 0.3 is 0 Å². The van der Waals surface area contributed by atoms with Gasteiger partial charge < -0.3 is 10.7 Å². The minimum absolute atomic E-state index is 0.375. The summed E-state index contributed by atoms with van der Waals surface area (Å²) in [6.45, 7) is 0. The number of carbonyl (C=O) groups is 1. The summed E-state index contributed by atoms with van der Waals surface area (Å²) >= 11 is 0.477. The fourth-order valence-corrected chi connectivity index (χ4v) is 1.73. The molecule has 1 aliphatic rings. The van der Waals surface area contributed by atoms with Gasteiger partial charge in [-0.2, -0.15) is 0 Å². The van der Waals surface area contributed by atoms with Gasteiger partial charge in [-0.05, 0) is 12.1 Å². The lowest BCUT2D eigenvalue weighted by Crippen LogP contribution is -2.27. The summed E-state index contributed by atoms with van der Waals surface area (Å²) in [5, 5.41) is 1.71. The van der Waals surface area contributed by atoms with E-state index in [0.717, 1.165) is 15.4 Å². The Hall–Kier alpha value is -1.62. The molecule has 14 heavy (non-hydrogen) atoms. The van der Waals surface area contributed by atoms with Crippen LogP contribution in [0.15, 0.2) is 6.07 Å². The smallest absolute Gasteiger partial charge is 0.265 e. The van der Waals surface area contributed by atoms with E-state index in [9.17, 15) is 9.00 Å². The van der Waals surface area contributed by atoms with Gasteiger partial charge in [0.05, 0.1) is 11.3 Å². The molecule has 3 N–H and O–H groups in total. The van der Waals surface area contributed by atoms with E-state index in [1.807, 2.05) is 6.08 Å². The summed E-state index contributed by atoms with van der Waals surface area (Å²) < 4.78 is 10.6. The van der Waals surface area contributed by atoms with Crippen molar-refractivity contribution in [3.8, 4) is 0 Å². The number of nitrogens with two attached hydrogens (primary N) is 1. The SMILES string of the molecule is NC(=O)c1cc2c([nH]1)=CCC(=S=O)C=2. The highest BCUT2D eigenvalue weighted by molar-refractivity contribution is 7.67. The third kappa shape index (κ3) is 1.42. The average Bonchev–Trinajstić information content (AvgIpc) is 2.59. The summed E-state index contributed by atoms with van der Waals surface area (Å²) in [4.78, 5) is 14.5. The summed E-state index contributed by atoms with van der Waals surface area (Å²) in [7, 11) is 0. The van der Waals surface area contributed by atoms with Gasteiger partial charge in [0.2, 0.25) is 0 Å². The van der Waals surface area contributed by atoms with Crippen LogP contribution in [0.4, 0.5) is 0 Å². The number of hydrogen-bond acceptors (Lipinski definition) is 2. The highest BCUT2D eigenvalue weighted by Gasteiger charge is 2.06. The monoisotopic (exact) mass is 208 g/mol. The van der Waals surface area contributed by atoms with Crippen molar-refractivity contribution >= 4 is 34.2 Å². The third-order valence-electron chi connectivity index (χ3n) is 2.08. The molecule has 0 aromatic carbocycles. The van der Waals surface area contributed by atoms with E-state index < -0.39 is 5.91 Å². The number of carbonyl (C=O) groups excluding carboxylic acids is 1. The molecule has 1 aromatic heterocycles. The number of hydrogen-bond donors (Lipinski definition) is 2. The number of aromatic amines is 1. The van der Waals surface area contributed by atoms with E-state index in [1.165, 1.54) is 0 Å². The van der Waals surface area contributed by atoms with E-state index >= 15 is 0 Å². The molecule has 0 unspecified atom stereocenters.